The highest BCUT2D eigenvalue weighted by Crippen LogP contribution is 2.35. The van der Waals surface area contributed by atoms with Crippen molar-refractivity contribution in [2.45, 2.75) is 38.6 Å². The van der Waals surface area contributed by atoms with E-state index in [1.54, 1.807) is 18.2 Å². The fourth-order valence-electron chi connectivity index (χ4n) is 2.52. The summed E-state index contributed by atoms with van der Waals surface area (Å²) in [4.78, 5) is 12.3. The fourth-order valence-corrected chi connectivity index (χ4v) is 2.70. The quantitative estimate of drug-likeness (QED) is 0.819. The van der Waals surface area contributed by atoms with Crippen molar-refractivity contribution in [3.05, 3.63) is 64.7 Å². The SMILES string of the molecule is CCC(C)NC(=O)CC(c1ccccc1)c1cc(Cl)ccc1O. The molecule has 0 radical (unpaired) electrons. The second-order valence-electron chi connectivity index (χ2n) is 5.75. The van der Waals surface area contributed by atoms with Crippen LogP contribution < -0.4 is 5.32 Å². The Hall–Kier alpha value is -2.00. The number of benzene rings is 2. The molecule has 2 rings (SSSR count). The Kier molecular flexibility index (Phi) is 6.05. The van der Waals surface area contributed by atoms with Crippen LogP contribution in [-0.4, -0.2) is 17.1 Å². The lowest BCUT2D eigenvalue weighted by Crippen LogP contribution is -2.33. The molecule has 0 saturated heterocycles. The summed E-state index contributed by atoms with van der Waals surface area (Å²) in [7, 11) is 0. The third-order valence-electron chi connectivity index (χ3n) is 3.98. The van der Waals surface area contributed by atoms with Gasteiger partial charge >= 0.3 is 0 Å². The highest BCUT2D eigenvalue weighted by atomic mass is 35.5. The van der Waals surface area contributed by atoms with Crippen LogP contribution in [0.15, 0.2) is 48.5 Å². The third-order valence-corrected chi connectivity index (χ3v) is 4.21. The lowest BCUT2D eigenvalue weighted by Gasteiger charge is -2.20. The van der Waals surface area contributed by atoms with E-state index in [2.05, 4.69) is 5.32 Å². The Morgan fingerprint density at radius 2 is 1.91 bits per heavy atom. The van der Waals surface area contributed by atoms with E-state index in [4.69, 9.17) is 11.6 Å². The largest absolute Gasteiger partial charge is 0.508 e. The molecule has 2 aromatic carbocycles. The van der Waals surface area contributed by atoms with Gasteiger partial charge in [0.2, 0.25) is 5.91 Å². The molecule has 0 bridgehead atoms. The number of hydrogen-bond donors (Lipinski definition) is 2. The van der Waals surface area contributed by atoms with Gasteiger partial charge in [0.25, 0.3) is 0 Å². The number of hydrogen-bond acceptors (Lipinski definition) is 2. The van der Waals surface area contributed by atoms with Gasteiger partial charge in [-0.2, -0.15) is 0 Å². The van der Waals surface area contributed by atoms with Crippen molar-refractivity contribution in [2.75, 3.05) is 0 Å². The molecule has 3 nitrogen and oxygen atoms in total. The van der Waals surface area contributed by atoms with Gasteiger partial charge in [-0.1, -0.05) is 48.9 Å². The molecule has 0 aliphatic heterocycles. The van der Waals surface area contributed by atoms with Crippen molar-refractivity contribution in [3.8, 4) is 5.75 Å². The zero-order chi connectivity index (χ0) is 16.8. The van der Waals surface area contributed by atoms with Gasteiger partial charge in [-0.25, -0.2) is 0 Å². The lowest BCUT2D eigenvalue weighted by atomic mass is 9.87. The topological polar surface area (TPSA) is 49.3 Å². The highest BCUT2D eigenvalue weighted by molar-refractivity contribution is 6.30. The normalized spacial score (nSPS) is 13.3. The minimum Gasteiger partial charge on any atom is -0.508 e. The van der Waals surface area contributed by atoms with Crippen molar-refractivity contribution in [1.29, 1.82) is 0 Å². The molecule has 0 aliphatic rings. The van der Waals surface area contributed by atoms with E-state index >= 15 is 0 Å². The van der Waals surface area contributed by atoms with E-state index < -0.39 is 0 Å². The van der Waals surface area contributed by atoms with Gasteiger partial charge in [0.05, 0.1) is 0 Å². The van der Waals surface area contributed by atoms with Crippen LogP contribution in [0.5, 0.6) is 5.75 Å². The van der Waals surface area contributed by atoms with E-state index in [-0.39, 0.29) is 30.0 Å². The predicted octanol–water partition coefficient (Wildman–Crippen LogP) is 4.48. The van der Waals surface area contributed by atoms with Crippen LogP contribution in [0.25, 0.3) is 0 Å². The Morgan fingerprint density at radius 3 is 2.57 bits per heavy atom. The first-order chi connectivity index (χ1) is 11.0. The standard InChI is InChI=1S/C19H22ClNO2/c1-3-13(2)21-19(23)12-16(14-7-5-4-6-8-14)17-11-15(20)9-10-18(17)22/h4-11,13,16,22H,3,12H2,1-2H3,(H,21,23). The summed E-state index contributed by atoms with van der Waals surface area (Å²) < 4.78 is 0. The smallest absolute Gasteiger partial charge is 0.221 e. The van der Waals surface area contributed by atoms with Gasteiger partial charge in [0.1, 0.15) is 5.75 Å². The first-order valence-electron chi connectivity index (χ1n) is 7.84. The molecule has 0 aromatic heterocycles. The summed E-state index contributed by atoms with van der Waals surface area (Å²) in [6, 6.07) is 14.8. The second kappa shape index (κ2) is 8.02. The number of amides is 1. The van der Waals surface area contributed by atoms with Crippen LogP contribution in [-0.2, 0) is 4.79 Å². The van der Waals surface area contributed by atoms with Gasteiger partial charge in [-0.3, -0.25) is 4.79 Å². The molecular formula is C19H22ClNO2. The summed E-state index contributed by atoms with van der Waals surface area (Å²) >= 11 is 6.08. The lowest BCUT2D eigenvalue weighted by molar-refractivity contribution is -0.121. The Balaban J connectivity index is 2.33. The molecular weight excluding hydrogens is 310 g/mol. The molecule has 2 aromatic rings. The van der Waals surface area contributed by atoms with Crippen molar-refractivity contribution < 1.29 is 9.90 Å². The molecule has 2 unspecified atom stereocenters. The van der Waals surface area contributed by atoms with Crippen LogP contribution >= 0.6 is 11.6 Å². The molecule has 0 spiro atoms. The monoisotopic (exact) mass is 331 g/mol. The number of carbonyl (C=O) groups is 1. The Morgan fingerprint density at radius 1 is 1.22 bits per heavy atom. The molecule has 0 saturated carbocycles. The van der Waals surface area contributed by atoms with Crippen LogP contribution in [0.4, 0.5) is 0 Å². The molecule has 0 fully saturated rings. The van der Waals surface area contributed by atoms with Gasteiger partial charge in [-0.05, 0) is 37.1 Å². The van der Waals surface area contributed by atoms with Crippen LogP contribution in [0.2, 0.25) is 5.02 Å². The summed E-state index contributed by atoms with van der Waals surface area (Å²) in [6.45, 7) is 4.01. The summed E-state index contributed by atoms with van der Waals surface area (Å²) in [5.74, 6) is -0.119. The van der Waals surface area contributed by atoms with E-state index in [0.29, 0.717) is 10.6 Å². The minimum atomic E-state index is -0.237. The first-order valence-corrected chi connectivity index (χ1v) is 8.21. The van der Waals surface area contributed by atoms with Crippen LogP contribution in [0.3, 0.4) is 0 Å². The summed E-state index contributed by atoms with van der Waals surface area (Å²) in [5.41, 5.74) is 1.65. The number of aromatic hydroxyl groups is 1. The maximum absolute atomic E-state index is 12.3. The maximum atomic E-state index is 12.3. The molecule has 23 heavy (non-hydrogen) atoms. The zero-order valence-corrected chi connectivity index (χ0v) is 14.2. The fraction of sp³-hybridized carbons (Fsp3) is 0.316. The van der Waals surface area contributed by atoms with Gasteiger partial charge in [-0.15, -0.1) is 0 Å². The highest BCUT2D eigenvalue weighted by Gasteiger charge is 2.22. The number of phenolic OH excluding ortho intramolecular Hbond substituents is 1. The number of halogens is 1. The van der Waals surface area contributed by atoms with E-state index in [0.717, 1.165) is 12.0 Å². The number of carbonyl (C=O) groups excluding carboxylic acids is 1. The minimum absolute atomic E-state index is 0.0346. The van der Waals surface area contributed by atoms with Crippen molar-refractivity contribution in [3.63, 3.8) is 0 Å². The zero-order valence-electron chi connectivity index (χ0n) is 13.4. The van der Waals surface area contributed by atoms with Crippen molar-refractivity contribution >= 4 is 17.5 Å². The van der Waals surface area contributed by atoms with Crippen molar-refractivity contribution in [2.24, 2.45) is 0 Å². The van der Waals surface area contributed by atoms with Crippen molar-refractivity contribution in [1.82, 2.24) is 5.32 Å². The predicted molar refractivity (Wildman–Crippen MR) is 93.9 cm³/mol. The average Bonchev–Trinajstić information content (AvgIpc) is 2.55. The van der Waals surface area contributed by atoms with E-state index in [1.165, 1.54) is 0 Å². The molecule has 122 valence electrons. The molecule has 0 heterocycles. The summed E-state index contributed by atoms with van der Waals surface area (Å²) in [5, 5.41) is 13.7. The number of rotatable bonds is 6. The van der Waals surface area contributed by atoms with Crippen LogP contribution in [0, 0.1) is 0 Å². The Labute approximate surface area is 142 Å². The second-order valence-corrected chi connectivity index (χ2v) is 6.18. The molecule has 2 atom stereocenters. The van der Waals surface area contributed by atoms with Gasteiger partial charge in [0, 0.05) is 29.0 Å². The van der Waals surface area contributed by atoms with Gasteiger partial charge < -0.3 is 10.4 Å². The van der Waals surface area contributed by atoms with E-state index in [9.17, 15) is 9.90 Å². The maximum Gasteiger partial charge on any atom is 0.221 e. The molecule has 2 N–H and O–H groups in total. The average molecular weight is 332 g/mol. The molecule has 4 heteroatoms. The Bertz CT molecular complexity index is 658. The molecule has 0 aliphatic carbocycles. The van der Waals surface area contributed by atoms with Gasteiger partial charge in [0.15, 0.2) is 0 Å². The summed E-state index contributed by atoms with van der Waals surface area (Å²) in [6.07, 6.45) is 1.15. The number of phenols is 1. The molecule has 1 amide bonds. The first kappa shape index (κ1) is 17.4. The number of nitrogens with one attached hydrogen (secondary N) is 1. The third kappa shape index (κ3) is 4.73. The van der Waals surface area contributed by atoms with E-state index in [1.807, 2.05) is 44.2 Å². The van der Waals surface area contributed by atoms with Crippen LogP contribution in [0.1, 0.15) is 43.7 Å².